The zero-order chi connectivity index (χ0) is 19.7. The first kappa shape index (κ1) is 18.6. The van der Waals surface area contributed by atoms with Crippen molar-refractivity contribution in [3.8, 4) is 0 Å². The number of aromatic nitrogens is 1. The van der Waals surface area contributed by atoms with Gasteiger partial charge in [0.15, 0.2) is 5.11 Å². The van der Waals surface area contributed by atoms with E-state index >= 15 is 0 Å². The molecule has 2 atom stereocenters. The van der Waals surface area contributed by atoms with Crippen LogP contribution in [0.4, 0.5) is 4.39 Å². The van der Waals surface area contributed by atoms with Gasteiger partial charge in [0.25, 0.3) is 5.56 Å². The second kappa shape index (κ2) is 7.67. The maximum atomic E-state index is 12.9. The van der Waals surface area contributed by atoms with Crippen LogP contribution in [0, 0.1) is 11.7 Å². The van der Waals surface area contributed by atoms with Crippen LogP contribution in [0.2, 0.25) is 0 Å². The molecule has 1 fully saturated rings. The molecule has 2 aliphatic rings. The van der Waals surface area contributed by atoms with E-state index in [4.69, 9.17) is 12.2 Å². The molecule has 1 amide bonds. The number of fused-ring (bicyclic) bond motifs is 4. The Morgan fingerprint density at radius 2 is 1.93 bits per heavy atom. The summed E-state index contributed by atoms with van der Waals surface area (Å²) in [5, 5.41) is 3.14. The summed E-state index contributed by atoms with van der Waals surface area (Å²) in [7, 11) is 0. The van der Waals surface area contributed by atoms with Crippen LogP contribution in [0.5, 0.6) is 0 Å². The van der Waals surface area contributed by atoms with Crippen molar-refractivity contribution in [3.05, 3.63) is 76.0 Å². The van der Waals surface area contributed by atoms with Crippen molar-refractivity contribution in [1.82, 2.24) is 14.8 Å². The van der Waals surface area contributed by atoms with Crippen LogP contribution in [0.15, 0.2) is 53.3 Å². The van der Waals surface area contributed by atoms with Crippen molar-refractivity contribution >= 4 is 29.3 Å². The molecule has 1 saturated heterocycles. The van der Waals surface area contributed by atoms with Gasteiger partial charge in [-0.3, -0.25) is 14.9 Å². The molecule has 0 aliphatic carbocycles. The Bertz CT molecular complexity index is 999. The Morgan fingerprint density at radius 3 is 2.71 bits per heavy atom. The lowest BCUT2D eigenvalue weighted by Crippen LogP contribution is -2.52. The number of nitrogens with one attached hydrogen (secondary N) is 1. The first-order valence-electron chi connectivity index (χ1n) is 9.23. The van der Waals surface area contributed by atoms with E-state index in [0.717, 1.165) is 24.2 Å². The number of piperidine rings is 1. The lowest BCUT2D eigenvalue weighted by molar-refractivity contribution is -0.115. The molecule has 144 valence electrons. The Kier molecular flexibility index (Phi) is 5.09. The molecule has 0 spiro atoms. The number of carbonyl (C=O) groups is 1. The molecule has 2 unspecified atom stereocenters. The molecule has 28 heavy (non-hydrogen) atoms. The predicted octanol–water partition coefficient (Wildman–Crippen LogP) is 2.52. The summed E-state index contributed by atoms with van der Waals surface area (Å²) in [6, 6.07) is 11.3. The molecular formula is C21H20FN3O2S. The normalized spacial score (nSPS) is 20.7. The van der Waals surface area contributed by atoms with Gasteiger partial charge in [-0.25, -0.2) is 4.39 Å². The summed E-state index contributed by atoms with van der Waals surface area (Å²) in [5.74, 6) is -0.0779. The van der Waals surface area contributed by atoms with Gasteiger partial charge in [0.05, 0.1) is 0 Å². The molecule has 4 rings (SSSR count). The van der Waals surface area contributed by atoms with Gasteiger partial charge in [-0.15, -0.1) is 0 Å². The number of pyridine rings is 1. The average molecular weight is 397 g/mol. The van der Waals surface area contributed by atoms with Gasteiger partial charge in [-0.05, 0) is 54.4 Å². The lowest BCUT2D eigenvalue weighted by Gasteiger charge is -2.43. The summed E-state index contributed by atoms with van der Waals surface area (Å²) < 4.78 is 14.8. The van der Waals surface area contributed by atoms with E-state index in [1.807, 2.05) is 15.5 Å². The number of thiocarbonyl (C=S) groups is 1. The van der Waals surface area contributed by atoms with Crippen LogP contribution in [0.3, 0.4) is 0 Å². The monoisotopic (exact) mass is 397 g/mol. The quantitative estimate of drug-likeness (QED) is 0.625. The summed E-state index contributed by atoms with van der Waals surface area (Å²) >= 11 is 5.44. The van der Waals surface area contributed by atoms with Gasteiger partial charge < -0.3 is 9.47 Å². The third-order valence-corrected chi connectivity index (χ3v) is 5.65. The van der Waals surface area contributed by atoms with Crippen LogP contribution in [0.1, 0.15) is 23.6 Å². The van der Waals surface area contributed by atoms with Gasteiger partial charge in [-0.2, -0.15) is 0 Å². The predicted molar refractivity (Wildman–Crippen MR) is 109 cm³/mol. The highest BCUT2D eigenvalue weighted by molar-refractivity contribution is 7.80. The minimum atomic E-state index is -0.318. The van der Waals surface area contributed by atoms with Crippen molar-refractivity contribution in [2.75, 3.05) is 13.1 Å². The fraction of sp³-hybridized carbons (Fsp3) is 0.286. The number of rotatable bonds is 2. The SMILES string of the molecule is O=C(C=Cc1ccc(F)cc1)NC(=S)N1CC2CC(C1)c1cccc(=O)n1C2. The molecule has 7 heteroatoms. The Labute approximate surface area is 167 Å². The fourth-order valence-electron chi connectivity index (χ4n) is 4.03. The van der Waals surface area contributed by atoms with Gasteiger partial charge in [-0.1, -0.05) is 18.2 Å². The Morgan fingerprint density at radius 1 is 1.14 bits per heavy atom. The highest BCUT2D eigenvalue weighted by Crippen LogP contribution is 2.34. The second-order valence-electron chi connectivity index (χ2n) is 7.28. The van der Waals surface area contributed by atoms with Crippen molar-refractivity contribution in [3.63, 3.8) is 0 Å². The molecule has 2 bridgehead atoms. The highest BCUT2D eigenvalue weighted by atomic mass is 32.1. The highest BCUT2D eigenvalue weighted by Gasteiger charge is 2.35. The minimum absolute atomic E-state index is 0.0439. The molecule has 2 aliphatic heterocycles. The first-order valence-corrected chi connectivity index (χ1v) is 9.64. The van der Waals surface area contributed by atoms with Crippen molar-refractivity contribution < 1.29 is 9.18 Å². The topological polar surface area (TPSA) is 54.3 Å². The number of carbonyl (C=O) groups excluding carboxylic acids is 1. The first-order chi connectivity index (χ1) is 13.5. The summed E-state index contributed by atoms with van der Waals surface area (Å²) in [5.41, 5.74) is 1.82. The standard InChI is InChI=1S/C21H20FN3O2S/c22-17-7-4-14(5-8-17)6-9-19(26)23-21(28)24-11-15-10-16(13-24)18-2-1-3-20(27)25(18)12-15/h1-9,15-16H,10-13H2,(H,23,26,28). The van der Waals surface area contributed by atoms with Crippen LogP contribution >= 0.6 is 12.2 Å². The summed E-state index contributed by atoms with van der Waals surface area (Å²) in [4.78, 5) is 26.3. The molecular weight excluding hydrogens is 377 g/mol. The Hall–Kier alpha value is -2.80. The molecule has 2 aromatic rings. The molecule has 3 heterocycles. The van der Waals surface area contributed by atoms with E-state index in [1.165, 1.54) is 18.2 Å². The number of hydrogen-bond donors (Lipinski definition) is 1. The van der Waals surface area contributed by atoms with E-state index in [2.05, 4.69) is 5.32 Å². The molecule has 0 saturated carbocycles. The third-order valence-electron chi connectivity index (χ3n) is 5.29. The largest absolute Gasteiger partial charge is 0.348 e. The van der Waals surface area contributed by atoms with Crippen LogP contribution in [0.25, 0.3) is 6.08 Å². The number of hydrogen-bond acceptors (Lipinski definition) is 3. The van der Waals surface area contributed by atoms with Crippen molar-refractivity contribution in [1.29, 1.82) is 0 Å². The van der Waals surface area contributed by atoms with E-state index in [-0.39, 0.29) is 23.2 Å². The Balaban J connectivity index is 1.40. The van der Waals surface area contributed by atoms with Gasteiger partial charge in [0, 0.05) is 43.4 Å². The average Bonchev–Trinajstić information content (AvgIpc) is 2.68. The molecule has 1 aromatic heterocycles. The maximum Gasteiger partial charge on any atom is 0.250 e. The number of halogens is 1. The van der Waals surface area contributed by atoms with Gasteiger partial charge in [0.2, 0.25) is 5.91 Å². The lowest BCUT2D eigenvalue weighted by atomic mass is 9.83. The van der Waals surface area contributed by atoms with Crippen LogP contribution < -0.4 is 10.9 Å². The molecule has 5 nitrogen and oxygen atoms in total. The van der Waals surface area contributed by atoms with E-state index in [1.54, 1.807) is 30.3 Å². The van der Waals surface area contributed by atoms with Crippen molar-refractivity contribution in [2.24, 2.45) is 5.92 Å². The summed E-state index contributed by atoms with van der Waals surface area (Å²) in [6.07, 6.45) is 4.03. The fourth-order valence-corrected chi connectivity index (χ4v) is 4.28. The van der Waals surface area contributed by atoms with Crippen LogP contribution in [-0.4, -0.2) is 33.6 Å². The zero-order valence-corrected chi connectivity index (χ0v) is 16.0. The second-order valence-corrected chi connectivity index (χ2v) is 7.67. The van der Waals surface area contributed by atoms with Crippen molar-refractivity contribution in [2.45, 2.75) is 18.9 Å². The molecule has 1 aromatic carbocycles. The number of nitrogens with zero attached hydrogens (tertiary/aromatic N) is 2. The zero-order valence-electron chi connectivity index (χ0n) is 15.2. The minimum Gasteiger partial charge on any atom is -0.348 e. The summed E-state index contributed by atoms with van der Waals surface area (Å²) in [6.45, 7) is 2.09. The van der Waals surface area contributed by atoms with Gasteiger partial charge in [0.1, 0.15) is 5.82 Å². The van der Waals surface area contributed by atoms with Crippen LogP contribution in [-0.2, 0) is 11.3 Å². The van der Waals surface area contributed by atoms with E-state index < -0.39 is 0 Å². The maximum absolute atomic E-state index is 12.9. The number of benzene rings is 1. The van der Waals surface area contributed by atoms with E-state index in [9.17, 15) is 14.0 Å². The number of amides is 1. The third kappa shape index (κ3) is 3.89. The molecule has 1 N–H and O–H groups in total. The molecule has 0 radical (unpaired) electrons. The smallest absolute Gasteiger partial charge is 0.250 e. The van der Waals surface area contributed by atoms with E-state index in [0.29, 0.717) is 24.1 Å². The number of likely N-dealkylation sites (tertiary alicyclic amines) is 1. The van der Waals surface area contributed by atoms with Gasteiger partial charge >= 0.3 is 0 Å².